The van der Waals surface area contributed by atoms with Crippen LogP contribution >= 0.6 is 0 Å². The zero-order valence-corrected chi connectivity index (χ0v) is 30.8. The van der Waals surface area contributed by atoms with E-state index in [-0.39, 0.29) is 0 Å². The van der Waals surface area contributed by atoms with E-state index in [0.717, 1.165) is 11.4 Å². The van der Waals surface area contributed by atoms with Crippen LogP contribution in [-0.4, -0.2) is 0 Å². The monoisotopic (exact) mass is 711 g/mol. The average molecular weight is 712 g/mol. The Morgan fingerprint density at radius 2 is 0.679 bits per heavy atom. The van der Waals surface area contributed by atoms with Gasteiger partial charge in [0.05, 0.1) is 11.1 Å². The van der Waals surface area contributed by atoms with Crippen LogP contribution in [0.3, 0.4) is 0 Å². The van der Waals surface area contributed by atoms with E-state index >= 15 is 0 Å². The molecule has 0 aromatic heterocycles. The van der Waals surface area contributed by atoms with Crippen LogP contribution in [0.1, 0.15) is 22.3 Å². The lowest BCUT2D eigenvalue weighted by atomic mass is 9.70. The van der Waals surface area contributed by atoms with Gasteiger partial charge < -0.3 is 4.90 Å². The van der Waals surface area contributed by atoms with E-state index in [2.05, 4.69) is 229 Å². The Balaban J connectivity index is 1.11. The van der Waals surface area contributed by atoms with Crippen molar-refractivity contribution >= 4 is 17.1 Å². The van der Waals surface area contributed by atoms with Gasteiger partial charge >= 0.3 is 0 Å². The third-order valence-electron chi connectivity index (χ3n) is 11.9. The Labute approximate surface area is 328 Å². The van der Waals surface area contributed by atoms with E-state index in [1.807, 2.05) is 0 Å². The third kappa shape index (κ3) is 4.88. The number of fused-ring (bicyclic) bond motifs is 10. The molecule has 0 bridgehead atoms. The number of nitrogens with zero attached hydrogens (tertiary/aromatic N) is 1. The van der Waals surface area contributed by atoms with E-state index in [0.29, 0.717) is 0 Å². The topological polar surface area (TPSA) is 3.24 Å². The first-order valence-electron chi connectivity index (χ1n) is 19.4. The van der Waals surface area contributed by atoms with Crippen molar-refractivity contribution in [3.8, 4) is 55.6 Å². The summed E-state index contributed by atoms with van der Waals surface area (Å²) in [6, 6.07) is 82.4. The van der Waals surface area contributed by atoms with Gasteiger partial charge in [-0.25, -0.2) is 0 Å². The molecule has 0 aliphatic heterocycles. The van der Waals surface area contributed by atoms with Crippen molar-refractivity contribution in [2.75, 3.05) is 4.90 Å². The van der Waals surface area contributed by atoms with Gasteiger partial charge in [0.1, 0.15) is 0 Å². The molecule has 0 saturated heterocycles. The summed E-state index contributed by atoms with van der Waals surface area (Å²) in [5.74, 6) is 0. The van der Waals surface area contributed by atoms with Crippen LogP contribution < -0.4 is 4.90 Å². The van der Waals surface area contributed by atoms with Gasteiger partial charge in [0.25, 0.3) is 0 Å². The van der Waals surface area contributed by atoms with E-state index in [1.54, 1.807) is 0 Å². The standard InChI is InChI=1S/C55H37N/c1-3-15-38(16-4-1)40-29-31-41(32-30-40)42-33-35-44(36-34-42)56(45-20-13-19-43(37-45)39-17-5-2-6-18-39)53-28-14-27-52-54(53)48-23-9-12-26-51(48)55(52)49-24-10-7-21-46(49)47-22-8-11-25-50(47)55/h1-37H. The van der Waals surface area contributed by atoms with Gasteiger partial charge in [0, 0.05) is 16.9 Å². The van der Waals surface area contributed by atoms with E-state index < -0.39 is 5.41 Å². The largest absolute Gasteiger partial charge is 0.310 e. The van der Waals surface area contributed by atoms with Gasteiger partial charge in [-0.15, -0.1) is 0 Å². The van der Waals surface area contributed by atoms with Crippen molar-refractivity contribution in [1.29, 1.82) is 0 Å². The minimum atomic E-state index is -0.414. The summed E-state index contributed by atoms with van der Waals surface area (Å²) >= 11 is 0. The molecule has 0 fully saturated rings. The van der Waals surface area contributed by atoms with Gasteiger partial charge in [-0.2, -0.15) is 0 Å². The highest BCUT2D eigenvalue weighted by atomic mass is 15.1. The number of anilines is 3. The number of hydrogen-bond donors (Lipinski definition) is 0. The number of benzene rings is 9. The summed E-state index contributed by atoms with van der Waals surface area (Å²) in [6.45, 7) is 0. The molecule has 56 heavy (non-hydrogen) atoms. The molecule has 9 aromatic rings. The Kier molecular flexibility index (Phi) is 7.47. The molecule has 0 heterocycles. The third-order valence-corrected chi connectivity index (χ3v) is 11.9. The second-order valence-electron chi connectivity index (χ2n) is 14.8. The predicted molar refractivity (Wildman–Crippen MR) is 234 cm³/mol. The molecular formula is C55H37N. The molecule has 2 aliphatic carbocycles. The maximum absolute atomic E-state index is 2.47. The van der Waals surface area contributed by atoms with Gasteiger partial charge in [0.15, 0.2) is 0 Å². The smallest absolute Gasteiger partial charge is 0.0726 e. The maximum Gasteiger partial charge on any atom is 0.0726 e. The lowest BCUT2D eigenvalue weighted by Crippen LogP contribution is -2.26. The van der Waals surface area contributed by atoms with Crippen LogP contribution in [0.5, 0.6) is 0 Å². The SMILES string of the molecule is c1ccc(-c2ccc(-c3ccc(N(c4cccc(-c5ccccc5)c4)c4cccc5c4-c4ccccc4C54c5ccccc5-c5ccccc54)cc3)cc2)cc1. The van der Waals surface area contributed by atoms with E-state index in [1.165, 1.54) is 83.6 Å². The fourth-order valence-corrected chi connectivity index (χ4v) is 9.48. The highest BCUT2D eigenvalue weighted by Crippen LogP contribution is 2.64. The fraction of sp³-hybridized carbons (Fsp3) is 0.0182. The van der Waals surface area contributed by atoms with Gasteiger partial charge in [-0.05, 0) is 103 Å². The highest BCUT2D eigenvalue weighted by molar-refractivity contribution is 6.01. The predicted octanol–water partition coefficient (Wildman–Crippen LogP) is 14.5. The van der Waals surface area contributed by atoms with Crippen LogP contribution in [0.15, 0.2) is 224 Å². The average Bonchev–Trinajstić information content (AvgIpc) is 3.76. The molecule has 11 rings (SSSR count). The molecule has 1 spiro atoms. The first-order chi connectivity index (χ1) is 27.8. The molecular weight excluding hydrogens is 675 g/mol. The second-order valence-corrected chi connectivity index (χ2v) is 14.8. The molecule has 0 radical (unpaired) electrons. The molecule has 0 amide bonds. The quantitative estimate of drug-likeness (QED) is 0.166. The van der Waals surface area contributed by atoms with Crippen molar-refractivity contribution in [3.05, 3.63) is 247 Å². The van der Waals surface area contributed by atoms with Crippen molar-refractivity contribution in [1.82, 2.24) is 0 Å². The Morgan fingerprint density at radius 3 is 1.27 bits per heavy atom. The molecule has 0 saturated carbocycles. The lowest BCUT2D eigenvalue weighted by molar-refractivity contribution is 0.794. The molecule has 0 N–H and O–H groups in total. The minimum Gasteiger partial charge on any atom is -0.310 e. The number of rotatable bonds is 6. The summed E-state index contributed by atoms with van der Waals surface area (Å²) in [6.07, 6.45) is 0. The van der Waals surface area contributed by atoms with Crippen molar-refractivity contribution in [2.45, 2.75) is 5.41 Å². The summed E-state index contributed by atoms with van der Waals surface area (Å²) in [7, 11) is 0. The molecule has 1 nitrogen and oxygen atoms in total. The molecule has 0 atom stereocenters. The summed E-state index contributed by atoms with van der Waals surface area (Å²) in [5.41, 5.74) is 20.8. The van der Waals surface area contributed by atoms with Crippen LogP contribution in [0.25, 0.3) is 55.6 Å². The van der Waals surface area contributed by atoms with Crippen molar-refractivity contribution in [2.24, 2.45) is 0 Å². The normalized spacial score (nSPS) is 12.8. The van der Waals surface area contributed by atoms with E-state index in [4.69, 9.17) is 0 Å². The van der Waals surface area contributed by atoms with Crippen LogP contribution in [0, 0.1) is 0 Å². The van der Waals surface area contributed by atoms with Gasteiger partial charge in [0.2, 0.25) is 0 Å². The van der Waals surface area contributed by atoms with Crippen LogP contribution in [-0.2, 0) is 5.41 Å². The van der Waals surface area contributed by atoms with Crippen LogP contribution in [0.4, 0.5) is 17.1 Å². The zero-order valence-electron chi connectivity index (χ0n) is 30.8. The Hall–Kier alpha value is -7.22. The Morgan fingerprint density at radius 1 is 0.268 bits per heavy atom. The minimum absolute atomic E-state index is 0.414. The van der Waals surface area contributed by atoms with Gasteiger partial charge in [-0.3, -0.25) is 0 Å². The molecule has 0 unspecified atom stereocenters. The maximum atomic E-state index is 2.47. The van der Waals surface area contributed by atoms with Crippen LogP contribution in [0.2, 0.25) is 0 Å². The highest BCUT2D eigenvalue weighted by Gasteiger charge is 2.52. The molecule has 9 aromatic carbocycles. The fourth-order valence-electron chi connectivity index (χ4n) is 9.48. The second kappa shape index (κ2) is 13.0. The first kappa shape index (κ1) is 32.2. The molecule has 262 valence electrons. The molecule has 2 aliphatic rings. The summed E-state index contributed by atoms with van der Waals surface area (Å²) in [5, 5.41) is 0. The summed E-state index contributed by atoms with van der Waals surface area (Å²) in [4.78, 5) is 2.47. The van der Waals surface area contributed by atoms with Gasteiger partial charge in [-0.1, -0.05) is 194 Å². The lowest BCUT2D eigenvalue weighted by Gasteiger charge is -2.32. The first-order valence-corrected chi connectivity index (χ1v) is 19.4. The van der Waals surface area contributed by atoms with Crippen molar-refractivity contribution < 1.29 is 0 Å². The van der Waals surface area contributed by atoms with Crippen molar-refractivity contribution in [3.63, 3.8) is 0 Å². The van der Waals surface area contributed by atoms with E-state index in [9.17, 15) is 0 Å². The zero-order chi connectivity index (χ0) is 37.1. The molecule has 1 heteroatoms. The summed E-state index contributed by atoms with van der Waals surface area (Å²) < 4.78 is 0. The Bertz CT molecular complexity index is 2840. The number of hydrogen-bond acceptors (Lipinski definition) is 1.